The first-order valence-electron chi connectivity index (χ1n) is 13.9. The van der Waals surface area contributed by atoms with Gasteiger partial charge in [-0.2, -0.15) is 0 Å². The zero-order valence-electron chi connectivity index (χ0n) is 24.2. The van der Waals surface area contributed by atoms with Crippen molar-refractivity contribution in [2.75, 3.05) is 31.0 Å². The normalized spacial score (nSPS) is 12.9. The lowest BCUT2D eigenvalue weighted by Crippen LogP contribution is -2.30. The molecule has 1 heterocycles. The number of hydrogen-bond donors (Lipinski definition) is 3. The molecule has 0 aliphatic carbocycles. The molecule has 0 fully saturated rings. The van der Waals surface area contributed by atoms with Crippen LogP contribution in [0.3, 0.4) is 0 Å². The first kappa shape index (κ1) is 30.2. The second kappa shape index (κ2) is 14.3. The molecule has 9 nitrogen and oxygen atoms in total. The smallest absolute Gasteiger partial charge is 0.272 e. The van der Waals surface area contributed by atoms with Crippen molar-refractivity contribution in [1.82, 2.24) is 5.32 Å². The Morgan fingerprint density at radius 2 is 1.50 bits per heavy atom. The van der Waals surface area contributed by atoms with E-state index in [2.05, 4.69) is 16.0 Å². The van der Waals surface area contributed by atoms with E-state index in [0.29, 0.717) is 53.0 Å². The van der Waals surface area contributed by atoms with Crippen molar-refractivity contribution in [3.05, 3.63) is 114 Å². The second-order valence-corrected chi connectivity index (χ2v) is 11.2. The minimum atomic E-state index is -0.488. The van der Waals surface area contributed by atoms with E-state index >= 15 is 0 Å². The average Bonchev–Trinajstić information content (AvgIpc) is 3.06. The lowest BCUT2D eigenvalue weighted by Gasteiger charge is -2.19. The van der Waals surface area contributed by atoms with Gasteiger partial charge in [0.1, 0.15) is 24.7 Å². The van der Waals surface area contributed by atoms with Gasteiger partial charge in [-0.25, -0.2) is 0 Å². The maximum Gasteiger partial charge on any atom is 0.272 e. The van der Waals surface area contributed by atoms with Crippen molar-refractivity contribution in [3.63, 3.8) is 0 Å². The molecule has 1 atom stereocenters. The summed E-state index contributed by atoms with van der Waals surface area (Å²) < 4.78 is 16.3. The fourth-order valence-corrected chi connectivity index (χ4v) is 5.11. The van der Waals surface area contributed by atoms with Crippen molar-refractivity contribution in [2.24, 2.45) is 0 Å². The number of anilines is 2. The minimum absolute atomic E-state index is 0.0758. The summed E-state index contributed by atoms with van der Waals surface area (Å²) in [6, 6.07) is 28.2. The molecule has 0 aromatic heterocycles. The first-order chi connectivity index (χ1) is 21.4. The quantitative estimate of drug-likeness (QED) is 0.149. The van der Waals surface area contributed by atoms with Gasteiger partial charge in [-0.15, -0.1) is 11.8 Å². The molecule has 5 rings (SSSR count). The van der Waals surface area contributed by atoms with E-state index in [1.54, 1.807) is 92.0 Å². The van der Waals surface area contributed by atoms with Crippen molar-refractivity contribution in [3.8, 4) is 17.2 Å². The van der Waals surface area contributed by atoms with Gasteiger partial charge in [-0.05, 0) is 79.2 Å². The predicted molar refractivity (Wildman–Crippen MR) is 171 cm³/mol. The van der Waals surface area contributed by atoms with Gasteiger partial charge in [0, 0.05) is 27.9 Å². The number of methoxy groups -OCH3 is 1. The molecule has 4 aromatic rings. The van der Waals surface area contributed by atoms with E-state index in [0.717, 1.165) is 4.90 Å². The van der Waals surface area contributed by atoms with Crippen molar-refractivity contribution >= 4 is 46.9 Å². The summed E-state index contributed by atoms with van der Waals surface area (Å²) in [6.07, 6.45) is 1.60. The topological polar surface area (TPSA) is 115 Å². The molecule has 0 bridgehead atoms. The Morgan fingerprint density at radius 1 is 0.818 bits per heavy atom. The summed E-state index contributed by atoms with van der Waals surface area (Å²) in [6.45, 7) is 2.79. The molecule has 0 radical (unpaired) electrons. The number of hydrogen-bond acceptors (Lipinski definition) is 7. The van der Waals surface area contributed by atoms with E-state index in [1.165, 1.54) is 11.8 Å². The van der Waals surface area contributed by atoms with Gasteiger partial charge in [0.25, 0.3) is 11.8 Å². The van der Waals surface area contributed by atoms with Crippen LogP contribution in [0.5, 0.6) is 17.2 Å². The Morgan fingerprint density at radius 3 is 2.20 bits per heavy atom. The summed E-state index contributed by atoms with van der Waals surface area (Å²) in [5.41, 5.74) is 2.37. The number of fused-ring (bicyclic) bond motifs is 1. The van der Waals surface area contributed by atoms with Gasteiger partial charge < -0.3 is 30.2 Å². The summed E-state index contributed by atoms with van der Waals surface area (Å²) >= 11 is 1.39. The molecule has 10 heteroatoms. The van der Waals surface area contributed by atoms with Crippen LogP contribution in [0.2, 0.25) is 0 Å². The highest BCUT2D eigenvalue weighted by atomic mass is 32.2. The standard InChI is InChI=1S/C34H31N3O6S/c1-22(32(38)36-26-12-17-30-31(21-26)43-19-18-42-30)44-28-15-10-25(11-16-28)35-34(40)29(20-23-8-13-27(41-2)14-9-23)37-33(39)24-6-4-3-5-7-24/h3-17,20-22H,18-19H2,1-2H3,(H,35,40)(H,36,38)(H,37,39)/b29-20-. The SMILES string of the molecule is COc1ccc(/C=C(\NC(=O)c2ccccc2)C(=O)Nc2ccc(SC(C)C(=O)Nc3ccc4c(c3)OCCO4)cc2)cc1. The fraction of sp³-hybridized carbons (Fsp3) is 0.147. The van der Waals surface area contributed by atoms with Crippen molar-refractivity contribution in [1.29, 1.82) is 0 Å². The number of carbonyl (C=O) groups excluding carboxylic acids is 3. The zero-order chi connectivity index (χ0) is 30.9. The molecule has 3 amide bonds. The van der Waals surface area contributed by atoms with Crippen LogP contribution in [0.15, 0.2) is 108 Å². The summed E-state index contributed by atoms with van der Waals surface area (Å²) in [7, 11) is 1.57. The maximum atomic E-state index is 13.3. The molecule has 44 heavy (non-hydrogen) atoms. The Balaban J connectivity index is 1.22. The molecule has 0 saturated heterocycles. The highest BCUT2D eigenvalue weighted by molar-refractivity contribution is 8.00. The summed E-state index contributed by atoms with van der Waals surface area (Å²) in [5.74, 6) is 0.883. The van der Waals surface area contributed by atoms with Gasteiger partial charge in [0.05, 0.1) is 12.4 Å². The average molecular weight is 610 g/mol. The van der Waals surface area contributed by atoms with Gasteiger partial charge in [0.2, 0.25) is 5.91 Å². The van der Waals surface area contributed by atoms with E-state index in [4.69, 9.17) is 14.2 Å². The number of rotatable bonds is 10. The number of carbonyl (C=O) groups is 3. The number of benzene rings is 4. The van der Waals surface area contributed by atoms with E-state index in [1.807, 2.05) is 25.1 Å². The van der Waals surface area contributed by atoms with E-state index in [-0.39, 0.29) is 11.6 Å². The summed E-state index contributed by atoms with van der Waals surface area (Å²) in [5, 5.41) is 8.10. The van der Waals surface area contributed by atoms with Gasteiger partial charge in [-0.1, -0.05) is 30.3 Å². The van der Waals surface area contributed by atoms with Gasteiger partial charge in [0.15, 0.2) is 11.5 Å². The van der Waals surface area contributed by atoms with Crippen molar-refractivity contribution < 1.29 is 28.6 Å². The number of amides is 3. The zero-order valence-corrected chi connectivity index (χ0v) is 25.0. The molecule has 1 unspecified atom stereocenters. The molecular formula is C34H31N3O6S. The van der Waals surface area contributed by atoms with Gasteiger partial charge >= 0.3 is 0 Å². The third kappa shape index (κ3) is 7.99. The molecule has 224 valence electrons. The molecule has 1 aliphatic rings. The fourth-order valence-electron chi connectivity index (χ4n) is 4.25. The highest BCUT2D eigenvalue weighted by Crippen LogP contribution is 2.33. The van der Waals surface area contributed by atoms with E-state index in [9.17, 15) is 14.4 Å². The van der Waals surface area contributed by atoms with Crippen LogP contribution in [-0.4, -0.2) is 43.3 Å². The molecule has 0 saturated carbocycles. The minimum Gasteiger partial charge on any atom is -0.497 e. The van der Waals surface area contributed by atoms with Crippen molar-refractivity contribution in [2.45, 2.75) is 17.1 Å². The van der Waals surface area contributed by atoms with Crippen LogP contribution in [0.4, 0.5) is 11.4 Å². The Bertz CT molecular complexity index is 1660. The Labute approximate surface area is 259 Å². The largest absolute Gasteiger partial charge is 0.497 e. The lowest BCUT2D eigenvalue weighted by atomic mass is 10.1. The van der Waals surface area contributed by atoms with E-state index < -0.39 is 17.1 Å². The predicted octanol–water partition coefficient (Wildman–Crippen LogP) is 6.00. The number of nitrogens with one attached hydrogen (secondary N) is 3. The Hall–Kier alpha value is -5.22. The second-order valence-electron chi connectivity index (χ2n) is 9.74. The summed E-state index contributed by atoms with van der Waals surface area (Å²) in [4.78, 5) is 39.9. The number of ether oxygens (including phenoxy) is 3. The van der Waals surface area contributed by atoms with Crippen LogP contribution in [0, 0.1) is 0 Å². The molecule has 1 aliphatic heterocycles. The third-order valence-corrected chi connectivity index (χ3v) is 7.67. The molecule has 3 N–H and O–H groups in total. The highest BCUT2D eigenvalue weighted by Gasteiger charge is 2.18. The maximum absolute atomic E-state index is 13.3. The molecular weight excluding hydrogens is 578 g/mol. The molecule has 0 spiro atoms. The lowest BCUT2D eigenvalue weighted by molar-refractivity contribution is -0.115. The Kier molecular flexibility index (Phi) is 9.83. The van der Waals surface area contributed by atoms with Crippen LogP contribution in [-0.2, 0) is 9.59 Å². The van der Waals surface area contributed by atoms with Crippen LogP contribution < -0.4 is 30.2 Å². The monoisotopic (exact) mass is 609 g/mol. The molecule has 4 aromatic carbocycles. The van der Waals surface area contributed by atoms with Crippen LogP contribution in [0.25, 0.3) is 6.08 Å². The third-order valence-electron chi connectivity index (χ3n) is 6.56. The van der Waals surface area contributed by atoms with Crippen LogP contribution >= 0.6 is 11.8 Å². The first-order valence-corrected chi connectivity index (χ1v) is 14.8. The number of thioether (sulfide) groups is 1. The van der Waals surface area contributed by atoms with Gasteiger partial charge in [-0.3, -0.25) is 14.4 Å². The van der Waals surface area contributed by atoms with Crippen LogP contribution in [0.1, 0.15) is 22.8 Å².